The summed E-state index contributed by atoms with van der Waals surface area (Å²) in [4.78, 5) is 28.0. The van der Waals surface area contributed by atoms with Crippen molar-refractivity contribution in [3.63, 3.8) is 0 Å². The monoisotopic (exact) mass is 320 g/mol. The second-order valence-corrected chi connectivity index (χ2v) is 6.66. The molecule has 2 saturated heterocycles. The molecule has 2 atom stereocenters. The Morgan fingerprint density at radius 2 is 2.14 bits per heavy atom. The molecule has 22 heavy (non-hydrogen) atoms. The third-order valence-corrected chi connectivity index (χ3v) is 5.31. The first kappa shape index (κ1) is 15.3. The van der Waals surface area contributed by atoms with Crippen molar-refractivity contribution in [1.29, 1.82) is 0 Å². The standard InChI is InChI=1S/C17H21ClN2O2/c1-19-15-8-9-20(11-13(15)10-17(19)22)16(21)7-6-12-4-2-3-5-14(12)18/h2-5,13,15H,6-11H2,1H3/t13-,15+/m1/s1. The van der Waals surface area contributed by atoms with Crippen LogP contribution in [0.1, 0.15) is 24.8 Å². The summed E-state index contributed by atoms with van der Waals surface area (Å²) in [7, 11) is 1.88. The number of carbonyl (C=O) groups is 2. The van der Waals surface area contributed by atoms with Crippen LogP contribution in [0.4, 0.5) is 0 Å². The molecule has 2 fully saturated rings. The van der Waals surface area contributed by atoms with Crippen LogP contribution >= 0.6 is 11.6 Å². The van der Waals surface area contributed by atoms with Gasteiger partial charge in [0, 0.05) is 50.0 Å². The smallest absolute Gasteiger partial charge is 0.222 e. The Morgan fingerprint density at radius 3 is 2.91 bits per heavy atom. The van der Waals surface area contributed by atoms with Gasteiger partial charge in [-0.2, -0.15) is 0 Å². The van der Waals surface area contributed by atoms with Gasteiger partial charge in [-0.25, -0.2) is 0 Å². The summed E-state index contributed by atoms with van der Waals surface area (Å²) < 4.78 is 0. The van der Waals surface area contributed by atoms with Gasteiger partial charge in [0.05, 0.1) is 0 Å². The van der Waals surface area contributed by atoms with Crippen molar-refractivity contribution in [2.45, 2.75) is 31.7 Å². The number of amides is 2. The number of carbonyl (C=O) groups excluding carboxylic acids is 2. The molecule has 0 aliphatic carbocycles. The Morgan fingerprint density at radius 1 is 1.36 bits per heavy atom. The van der Waals surface area contributed by atoms with Gasteiger partial charge in [0.1, 0.15) is 0 Å². The topological polar surface area (TPSA) is 40.6 Å². The fourth-order valence-electron chi connectivity index (χ4n) is 3.61. The molecule has 2 aliphatic rings. The van der Waals surface area contributed by atoms with Crippen molar-refractivity contribution < 1.29 is 9.59 Å². The Hall–Kier alpha value is -1.55. The first-order chi connectivity index (χ1) is 10.6. The molecule has 1 aromatic carbocycles. The average molecular weight is 321 g/mol. The van der Waals surface area contributed by atoms with E-state index in [0.717, 1.165) is 23.6 Å². The molecule has 118 valence electrons. The van der Waals surface area contributed by atoms with Crippen molar-refractivity contribution >= 4 is 23.4 Å². The van der Waals surface area contributed by atoms with Crippen LogP contribution < -0.4 is 0 Å². The van der Waals surface area contributed by atoms with Gasteiger partial charge in [0.25, 0.3) is 0 Å². The van der Waals surface area contributed by atoms with Gasteiger partial charge in [-0.1, -0.05) is 29.8 Å². The molecule has 4 nitrogen and oxygen atoms in total. The van der Waals surface area contributed by atoms with Gasteiger partial charge in [0.15, 0.2) is 0 Å². The summed E-state index contributed by atoms with van der Waals surface area (Å²) in [6.45, 7) is 1.46. The second-order valence-electron chi connectivity index (χ2n) is 6.26. The van der Waals surface area contributed by atoms with Crippen LogP contribution in [-0.4, -0.2) is 47.8 Å². The number of likely N-dealkylation sites (tertiary alicyclic amines) is 2. The number of aryl methyl sites for hydroxylation is 1. The minimum absolute atomic E-state index is 0.167. The summed E-state index contributed by atoms with van der Waals surface area (Å²) in [5.74, 6) is 0.677. The van der Waals surface area contributed by atoms with E-state index in [2.05, 4.69) is 0 Å². The van der Waals surface area contributed by atoms with Gasteiger partial charge in [-0.15, -0.1) is 0 Å². The van der Waals surface area contributed by atoms with Crippen LogP contribution in [0.25, 0.3) is 0 Å². The van der Waals surface area contributed by atoms with Crippen LogP contribution in [0.2, 0.25) is 5.02 Å². The fourth-order valence-corrected chi connectivity index (χ4v) is 3.84. The number of fused-ring (bicyclic) bond motifs is 1. The third-order valence-electron chi connectivity index (χ3n) is 4.94. The molecule has 2 amide bonds. The largest absolute Gasteiger partial charge is 0.342 e. The molecule has 5 heteroatoms. The summed E-state index contributed by atoms with van der Waals surface area (Å²) in [6.07, 6.45) is 2.62. The van der Waals surface area contributed by atoms with Gasteiger partial charge >= 0.3 is 0 Å². The van der Waals surface area contributed by atoms with Gasteiger partial charge in [-0.05, 0) is 24.5 Å². The van der Waals surface area contributed by atoms with Crippen molar-refractivity contribution in [3.05, 3.63) is 34.9 Å². The van der Waals surface area contributed by atoms with E-state index in [4.69, 9.17) is 11.6 Å². The van der Waals surface area contributed by atoms with Gasteiger partial charge in [0.2, 0.25) is 11.8 Å². The number of nitrogens with zero attached hydrogens (tertiary/aromatic N) is 2. The highest BCUT2D eigenvalue weighted by molar-refractivity contribution is 6.31. The van der Waals surface area contributed by atoms with E-state index in [1.54, 1.807) is 0 Å². The lowest BCUT2D eigenvalue weighted by Crippen LogP contribution is -2.47. The zero-order chi connectivity index (χ0) is 15.7. The molecule has 0 unspecified atom stereocenters. The SMILES string of the molecule is CN1C(=O)C[C@@H]2CN(C(=O)CCc3ccccc3Cl)CC[C@@H]21. The first-order valence-electron chi connectivity index (χ1n) is 7.83. The van der Waals surface area contributed by atoms with Crippen LogP contribution in [0.3, 0.4) is 0 Å². The van der Waals surface area contributed by atoms with E-state index in [-0.39, 0.29) is 11.8 Å². The molecular weight excluding hydrogens is 300 g/mol. The van der Waals surface area contributed by atoms with Crippen molar-refractivity contribution in [2.24, 2.45) is 5.92 Å². The van der Waals surface area contributed by atoms with Crippen molar-refractivity contribution in [3.8, 4) is 0 Å². The molecule has 0 spiro atoms. The Kier molecular flexibility index (Phi) is 4.39. The minimum atomic E-state index is 0.167. The lowest BCUT2D eigenvalue weighted by Gasteiger charge is -2.36. The second kappa shape index (κ2) is 6.29. The summed E-state index contributed by atoms with van der Waals surface area (Å²) >= 11 is 6.13. The Labute approximate surface area is 136 Å². The van der Waals surface area contributed by atoms with Crippen molar-refractivity contribution in [1.82, 2.24) is 9.80 Å². The highest BCUT2D eigenvalue weighted by Gasteiger charge is 2.41. The number of piperidine rings is 1. The van der Waals surface area contributed by atoms with E-state index >= 15 is 0 Å². The van der Waals surface area contributed by atoms with Crippen LogP contribution in [0, 0.1) is 5.92 Å². The Balaban J connectivity index is 1.56. The summed E-state index contributed by atoms with van der Waals surface area (Å²) in [6, 6.07) is 7.97. The van der Waals surface area contributed by atoms with Gasteiger partial charge < -0.3 is 9.80 Å². The summed E-state index contributed by atoms with van der Waals surface area (Å²) in [5, 5.41) is 0.719. The molecule has 0 bridgehead atoms. The number of halogens is 1. The van der Waals surface area contributed by atoms with E-state index in [9.17, 15) is 9.59 Å². The molecule has 0 radical (unpaired) electrons. The number of hydrogen-bond donors (Lipinski definition) is 0. The minimum Gasteiger partial charge on any atom is -0.342 e. The van der Waals surface area contributed by atoms with E-state index in [1.807, 2.05) is 41.1 Å². The van der Waals surface area contributed by atoms with Crippen molar-refractivity contribution in [2.75, 3.05) is 20.1 Å². The van der Waals surface area contributed by atoms with Crippen LogP contribution in [0.15, 0.2) is 24.3 Å². The number of rotatable bonds is 3. The lowest BCUT2D eigenvalue weighted by molar-refractivity contribution is -0.133. The molecular formula is C17H21ClN2O2. The quantitative estimate of drug-likeness (QED) is 0.858. The molecule has 2 heterocycles. The summed E-state index contributed by atoms with van der Waals surface area (Å²) in [5.41, 5.74) is 1.02. The number of hydrogen-bond acceptors (Lipinski definition) is 2. The average Bonchev–Trinajstić information content (AvgIpc) is 2.80. The predicted octanol–water partition coefficient (Wildman–Crippen LogP) is 2.35. The Bertz CT molecular complexity index is 590. The molecule has 0 saturated carbocycles. The van der Waals surface area contributed by atoms with E-state index < -0.39 is 0 Å². The number of benzene rings is 1. The van der Waals surface area contributed by atoms with Gasteiger partial charge in [-0.3, -0.25) is 9.59 Å². The normalized spacial score (nSPS) is 24.5. The zero-order valence-electron chi connectivity index (χ0n) is 12.8. The first-order valence-corrected chi connectivity index (χ1v) is 8.21. The lowest BCUT2D eigenvalue weighted by atomic mass is 9.92. The molecule has 1 aromatic rings. The zero-order valence-corrected chi connectivity index (χ0v) is 13.6. The molecule has 3 rings (SSSR count). The van der Waals surface area contributed by atoms with Crippen LogP contribution in [0.5, 0.6) is 0 Å². The molecule has 2 aliphatic heterocycles. The highest BCUT2D eigenvalue weighted by atomic mass is 35.5. The maximum Gasteiger partial charge on any atom is 0.222 e. The maximum absolute atomic E-state index is 12.4. The molecule has 0 N–H and O–H groups in total. The highest BCUT2D eigenvalue weighted by Crippen LogP contribution is 2.31. The van der Waals surface area contributed by atoms with E-state index in [0.29, 0.717) is 37.8 Å². The predicted molar refractivity (Wildman–Crippen MR) is 85.6 cm³/mol. The van der Waals surface area contributed by atoms with Crippen LogP contribution in [-0.2, 0) is 16.0 Å². The maximum atomic E-state index is 12.4. The van der Waals surface area contributed by atoms with E-state index in [1.165, 1.54) is 0 Å². The molecule has 0 aromatic heterocycles. The fraction of sp³-hybridized carbons (Fsp3) is 0.529. The third kappa shape index (κ3) is 2.98.